The van der Waals surface area contributed by atoms with Crippen molar-refractivity contribution in [1.29, 1.82) is 0 Å². The van der Waals surface area contributed by atoms with Crippen molar-refractivity contribution in [2.24, 2.45) is 0 Å². The second-order valence-corrected chi connectivity index (χ2v) is 5.62. The molecule has 104 valence electrons. The van der Waals surface area contributed by atoms with Crippen molar-refractivity contribution < 1.29 is 9.59 Å². The quantitative estimate of drug-likeness (QED) is 0.812. The maximum Gasteiger partial charge on any atom is 0.247 e. The first-order chi connectivity index (χ1) is 9.17. The molecule has 1 fully saturated rings. The first kappa shape index (κ1) is 14.2. The maximum atomic E-state index is 12.3. The summed E-state index contributed by atoms with van der Waals surface area (Å²) in [7, 11) is 0. The van der Waals surface area contributed by atoms with Gasteiger partial charge in [-0.25, -0.2) is 0 Å². The third-order valence-corrected chi connectivity index (χ3v) is 4.36. The van der Waals surface area contributed by atoms with Gasteiger partial charge in [0.05, 0.1) is 12.5 Å². The Kier molecular flexibility index (Phi) is 4.71. The van der Waals surface area contributed by atoms with Gasteiger partial charge < -0.3 is 5.32 Å². The molecule has 0 saturated carbocycles. The number of rotatable bonds is 6. The van der Waals surface area contributed by atoms with Crippen molar-refractivity contribution in [3.8, 4) is 0 Å². The van der Waals surface area contributed by atoms with Crippen LogP contribution in [0.5, 0.6) is 0 Å². The summed E-state index contributed by atoms with van der Waals surface area (Å²) in [6, 6.07) is 1.72. The van der Waals surface area contributed by atoms with E-state index in [9.17, 15) is 9.59 Å². The van der Waals surface area contributed by atoms with Crippen LogP contribution in [0, 0.1) is 0 Å². The molecule has 1 aliphatic heterocycles. The number of hydrogen-bond acceptors (Lipinski definition) is 4. The van der Waals surface area contributed by atoms with Crippen molar-refractivity contribution in [3.63, 3.8) is 0 Å². The van der Waals surface area contributed by atoms with E-state index < -0.39 is 0 Å². The van der Waals surface area contributed by atoms with Crippen molar-refractivity contribution >= 4 is 23.2 Å². The number of thiophene rings is 1. The molecule has 0 radical (unpaired) electrons. The highest BCUT2D eigenvalue weighted by Gasteiger charge is 2.40. The van der Waals surface area contributed by atoms with Crippen molar-refractivity contribution in [2.75, 3.05) is 0 Å². The van der Waals surface area contributed by atoms with Crippen LogP contribution in [0.4, 0.5) is 0 Å². The Hall–Kier alpha value is -1.20. The number of likely N-dealkylation sites (tertiary alicyclic amines) is 1. The van der Waals surface area contributed by atoms with E-state index >= 15 is 0 Å². The van der Waals surface area contributed by atoms with Crippen LogP contribution in [0.2, 0.25) is 0 Å². The summed E-state index contributed by atoms with van der Waals surface area (Å²) in [5, 5.41) is 7.25. The highest BCUT2D eigenvalue weighted by atomic mass is 32.1. The van der Waals surface area contributed by atoms with Gasteiger partial charge in [0.25, 0.3) is 0 Å². The van der Waals surface area contributed by atoms with E-state index in [0.29, 0.717) is 13.0 Å². The molecule has 5 heteroatoms. The lowest BCUT2D eigenvalue weighted by Crippen LogP contribution is -2.43. The molecule has 1 unspecified atom stereocenters. The van der Waals surface area contributed by atoms with Crippen LogP contribution in [0.25, 0.3) is 0 Å². The molecule has 1 atom stereocenters. The topological polar surface area (TPSA) is 49.4 Å². The van der Waals surface area contributed by atoms with Gasteiger partial charge in [-0.1, -0.05) is 13.8 Å². The van der Waals surface area contributed by atoms with Gasteiger partial charge in [0.15, 0.2) is 0 Å². The molecule has 0 aromatic carbocycles. The average Bonchev–Trinajstić information content (AvgIpc) is 3.00. The standard InChI is InChI=1S/C14H20N2O2S/c1-3-11(4-2)16-13(17)7-12(14(16)18)15-8-10-5-6-19-9-10/h5-6,9,11-12,15H,3-4,7-8H2,1-2H3. The lowest BCUT2D eigenvalue weighted by Gasteiger charge is -2.24. The number of carbonyl (C=O) groups excluding carboxylic acids is 2. The van der Waals surface area contributed by atoms with Crippen LogP contribution in [-0.2, 0) is 16.1 Å². The average molecular weight is 280 g/mol. The minimum atomic E-state index is -0.354. The van der Waals surface area contributed by atoms with E-state index in [1.54, 1.807) is 11.3 Å². The molecule has 2 amide bonds. The molecule has 19 heavy (non-hydrogen) atoms. The lowest BCUT2D eigenvalue weighted by molar-refractivity contribution is -0.141. The van der Waals surface area contributed by atoms with Gasteiger partial charge in [0.1, 0.15) is 0 Å². The summed E-state index contributed by atoms with van der Waals surface area (Å²) in [5.41, 5.74) is 1.16. The first-order valence-corrected chi connectivity index (χ1v) is 7.72. The van der Waals surface area contributed by atoms with Gasteiger partial charge in [0, 0.05) is 12.6 Å². The molecule has 1 saturated heterocycles. The van der Waals surface area contributed by atoms with Crippen LogP contribution in [0.15, 0.2) is 16.8 Å². The molecule has 1 aliphatic rings. The summed E-state index contributed by atoms with van der Waals surface area (Å²) in [5.74, 6) is -0.101. The summed E-state index contributed by atoms with van der Waals surface area (Å²) in [6.07, 6.45) is 1.94. The van der Waals surface area contributed by atoms with E-state index in [1.807, 2.05) is 30.7 Å². The fraction of sp³-hybridized carbons (Fsp3) is 0.571. The zero-order valence-corrected chi connectivity index (χ0v) is 12.2. The summed E-state index contributed by atoms with van der Waals surface area (Å²) in [4.78, 5) is 25.7. The molecule has 2 rings (SSSR count). The lowest BCUT2D eigenvalue weighted by atomic mass is 10.1. The predicted octanol–water partition coefficient (Wildman–Crippen LogP) is 2.15. The molecule has 0 aliphatic carbocycles. The monoisotopic (exact) mass is 280 g/mol. The molecule has 1 aromatic rings. The van der Waals surface area contributed by atoms with Gasteiger partial charge >= 0.3 is 0 Å². The Morgan fingerprint density at radius 2 is 2.16 bits per heavy atom. The zero-order valence-electron chi connectivity index (χ0n) is 11.4. The number of amides is 2. The fourth-order valence-electron chi connectivity index (χ4n) is 2.48. The second kappa shape index (κ2) is 6.30. The summed E-state index contributed by atoms with van der Waals surface area (Å²) in [6.45, 7) is 4.67. The number of imide groups is 1. The van der Waals surface area contributed by atoms with Crippen molar-refractivity contribution in [2.45, 2.75) is 51.7 Å². The number of nitrogens with zero attached hydrogens (tertiary/aromatic N) is 1. The molecule has 0 bridgehead atoms. The summed E-state index contributed by atoms with van der Waals surface area (Å²) < 4.78 is 0. The van der Waals surface area contributed by atoms with Crippen molar-refractivity contribution in [3.05, 3.63) is 22.4 Å². The zero-order chi connectivity index (χ0) is 13.8. The van der Waals surface area contributed by atoms with Crippen LogP contribution in [-0.4, -0.2) is 28.8 Å². The van der Waals surface area contributed by atoms with E-state index in [1.165, 1.54) is 4.90 Å². The van der Waals surface area contributed by atoms with Gasteiger partial charge in [-0.3, -0.25) is 14.5 Å². The van der Waals surface area contributed by atoms with E-state index in [0.717, 1.165) is 18.4 Å². The van der Waals surface area contributed by atoms with Crippen LogP contribution in [0.3, 0.4) is 0 Å². The normalized spacial score (nSPS) is 19.7. The van der Waals surface area contributed by atoms with Crippen molar-refractivity contribution in [1.82, 2.24) is 10.2 Å². The van der Waals surface area contributed by atoms with Gasteiger partial charge in [-0.05, 0) is 35.2 Å². The molecule has 2 heterocycles. The highest BCUT2D eigenvalue weighted by molar-refractivity contribution is 7.07. The Bertz CT molecular complexity index is 440. The molecule has 0 spiro atoms. The Balaban J connectivity index is 1.97. The Morgan fingerprint density at radius 3 is 2.74 bits per heavy atom. The third kappa shape index (κ3) is 3.04. The van der Waals surface area contributed by atoms with Gasteiger partial charge in [-0.2, -0.15) is 11.3 Å². The van der Waals surface area contributed by atoms with Crippen LogP contribution >= 0.6 is 11.3 Å². The molecular weight excluding hydrogens is 260 g/mol. The number of hydrogen-bond donors (Lipinski definition) is 1. The molecule has 4 nitrogen and oxygen atoms in total. The van der Waals surface area contributed by atoms with Crippen LogP contribution < -0.4 is 5.32 Å². The molecular formula is C14H20N2O2S. The molecule has 1 N–H and O–H groups in total. The van der Waals surface area contributed by atoms with E-state index in [-0.39, 0.29) is 23.9 Å². The Morgan fingerprint density at radius 1 is 1.42 bits per heavy atom. The van der Waals surface area contributed by atoms with Gasteiger partial charge in [0.2, 0.25) is 11.8 Å². The van der Waals surface area contributed by atoms with Crippen LogP contribution in [0.1, 0.15) is 38.7 Å². The van der Waals surface area contributed by atoms with Gasteiger partial charge in [-0.15, -0.1) is 0 Å². The Labute approximate surface area is 117 Å². The minimum absolute atomic E-state index is 0.0403. The number of nitrogens with one attached hydrogen (secondary N) is 1. The van der Waals surface area contributed by atoms with E-state index in [2.05, 4.69) is 5.32 Å². The minimum Gasteiger partial charge on any atom is -0.301 e. The summed E-state index contributed by atoms with van der Waals surface area (Å²) >= 11 is 1.63. The first-order valence-electron chi connectivity index (χ1n) is 6.77. The SMILES string of the molecule is CCC(CC)N1C(=O)CC(NCc2ccsc2)C1=O. The third-order valence-electron chi connectivity index (χ3n) is 3.62. The number of carbonyl (C=O) groups is 2. The largest absolute Gasteiger partial charge is 0.301 e. The predicted molar refractivity (Wildman–Crippen MR) is 75.8 cm³/mol. The highest BCUT2D eigenvalue weighted by Crippen LogP contribution is 2.20. The fourth-order valence-corrected chi connectivity index (χ4v) is 3.15. The smallest absolute Gasteiger partial charge is 0.247 e. The molecule has 1 aromatic heterocycles. The van der Waals surface area contributed by atoms with E-state index in [4.69, 9.17) is 0 Å². The maximum absolute atomic E-state index is 12.3. The second-order valence-electron chi connectivity index (χ2n) is 4.84.